The van der Waals surface area contributed by atoms with Crippen molar-refractivity contribution in [1.29, 1.82) is 0 Å². The molecule has 1 aromatic heterocycles. The van der Waals surface area contributed by atoms with Gasteiger partial charge in [-0.15, -0.1) is 0 Å². The van der Waals surface area contributed by atoms with Crippen molar-refractivity contribution in [3.8, 4) is 5.75 Å². The first kappa shape index (κ1) is 10.0. The van der Waals surface area contributed by atoms with E-state index in [9.17, 15) is 0 Å². The molecule has 3 heteroatoms. The largest absolute Gasteiger partial charge is 0.497 e. The summed E-state index contributed by atoms with van der Waals surface area (Å²) in [4.78, 5) is 8.51. The van der Waals surface area contributed by atoms with Gasteiger partial charge in [0, 0.05) is 12.4 Å². The van der Waals surface area contributed by atoms with Crippen molar-refractivity contribution in [2.45, 2.75) is 6.04 Å². The highest BCUT2D eigenvalue weighted by Gasteiger charge is 2.30. The first-order chi connectivity index (χ1) is 8.38. The van der Waals surface area contributed by atoms with Crippen LogP contribution < -0.4 is 4.74 Å². The van der Waals surface area contributed by atoms with Crippen LogP contribution >= 0.6 is 0 Å². The van der Waals surface area contributed by atoms with Crippen LogP contribution in [0.3, 0.4) is 0 Å². The van der Waals surface area contributed by atoms with Crippen LogP contribution in [0, 0.1) is 0 Å². The maximum absolute atomic E-state index is 5.13. The van der Waals surface area contributed by atoms with Gasteiger partial charge < -0.3 is 4.74 Å². The lowest BCUT2D eigenvalue weighted by molar-refractivity contribution is 0.415. The van der Waals surface area contributed by atoms with Gasteiger partial charge in [0.2, 0.25) is 0 Å². The maximum atomic E-state index is 5.13. The van der Waals surface area contributed by atoms with Crippen molar-refractivity contribution in [3.05, 3.63) is 59.9 Å². The molecule has 84 valence electrons. The number of aliphatic imine (C=N–C) groups is 1. The monoisotopic (exact) mass is 224 g/mol. The molecule has 3 nitrogen and oxygen atoms in total. The summed E-state index contributed by atoms with van der Waals surface area (Å²) in [5.74, 6) is 0.871. The van der Waals surface area contributed by atoms with Crippen LogP contribution in [0.2, 0.25) is 0 Å². The number of benzene rings is 1. The van der Waals surface area contributed by atoms with Gasteiger partial charge in [0.25, 0.3) is 0 Å². The third kappa shape index (κ3) is 1.91. The molecule has 17 heavy (non-hydrogen) atoms. The van der Waals surface area contributed by atoms with E-state index in [4.69, 9.17) is 4.74 Å². The molecule has 0 bridgehead atoms. The topological polar surface area (TPSA) is 34.5 Å². The Hall–Kier alpha value is -2.16. The molecule has 0 spiro atoms. The molecule has 1 aliphatic rings. The molecule has 0 amide bonds. The Bertz CT molecular complexity index is 546. The molecule has 1 unspecified atom stereocenters. The Morgan fingerprint density at radius 1 is 1.00 bits per heavy atom. The fourth-order valence-electron chi connectivity index (χ4n) is 1.87. The molecular formula is C14H12N2O. The Morgan fingerprint density at radius 3 is 2.35 bits per heavy atom. The Morgan fingerprint density at radius 2 is 1.71 bits per heavy atom. The minimum atomic E-state index is 0.214. The van der Waals surface area contributed by atoms with Crippen LogP contribution in [0.5, 0.6) is 5.75 Å². The standard InChI is InChI=1S/C14H12N2O/c1-17-12-4-2-10(3-5-12)13-14(16-13)11-6-8-15-9-7-11/h2-9,14H,1H3. The number of aromatic nitrogens is 1. The van der Waals surface area contributed by atoms with Gasteiger partial charge in [-0.1, -0.05) is 0 Å². The summed E-state index contributed by atoms with van der Waals surface area (Å²) in [5, 5.41) is 0. The number of pyridine rings is 1. The predicted molar refractivity (Wildman–Crippen MR) is 66.5 cm³/mol. The zero-order chi connectivity index (χ0) is 11.7. The molecular weight excluding hydrogens is 212 g/mol. The SMILES string of the molecule is COc1ccc(C2=NC2c2ccncc2)cc1. The van der Waals surface area contributed by atoms with E-state index < -0.39 is 0 Å². The molecule has 2 aromatic rings. The quantitative estimate of drug-likeness (QED) is 0.803. The highest BCUT2D eigenvalue weighted by Crippen LogP contribution is 2.34. The second kappa shape index (κ2) is 4.01. The Labute approximate surface area is 99.8 Å². The number of rotatable bonds is 3. The van der Waals surface area contributed by atoms with Gasteiger partial charge in [-0.3, -0.25) is 9.98 Å². The normalized spacial score (nSPS) is 17.5. The predicted octanol–water partition coefficient (Wildman–Crippen LogP) is 2.63. The van der Waals surface area contributed by atoms with E-state index >= 15 is 0 Å². The summed E-state index contributed by atoms with van der Waals surface area (Å²) in [7, 11) is 1.67. The minimum Gasteiger partial charge on any atom is -0.497 e. The van der Waals surface area contributed by atoms with Crippen LogP contribution in [0.25, 0.3) is 0 Å². The van der Waals surface area contributed by atoms with E-state index in [0.29, 0.717) is 0 Å². The molecule has 0 aliphatic carbocycles. The van der Waals surface area contributed by atoms with Gasteiger partial charge in [0.05, 0.1) is 12.8 Å². The summed E-state index contributed by atoms with van der Waals surface area (Å²) in [6, 6.07) is 12.2. The smallest absolute Gasteiger partial charge is 0.118 e. The molecule has 1 atom stereocenters. The highest BCUT2D eigenvalue weighted by atomic mass is 16.5. The van der Waals surface area contributed by atoms with Crippen molar-refractivity contribution < 1.29 is 4.74 Å². The third-order valence-electron chi connectivity index (χ3n) is 2.87. The average molecular weight is 224 g/mol. The van der Waals surface area contributed by atoms with E-state index in [2.05, 4.69) is 9.98 Å². The fraction of sp³-hybridized carbons (Fsp3) is 0.143. The van der Waals surface area contributed by atoms with Crippen LogP contribution in [0.4, 0.5) is 0 Å². The zero-order valence-corrected chi connectivity index (χ0v) is 9.50. The Balaban J connectivity index is 1.78. The van der Waals surface area contributed by atoms with Gasteiger partial charge in [-0.05, 0) is 47.5 Å². The lowest BCUT2D eigenvalue weighted by Gasteiger charge is -2.00. The number of hydrogen-bond donors (Lipinski definition) is 0. The lowest BCUT2D eigenvalue weighted by Crippen LogP contribution is -1.93. The summed E-state index contributed by atoms with van der Waals surface area (Å²) < 4.78 is 5.13. The maximum Gasteiger partial charge on any atom is 0.118 e. The van der Waals surface area contributed by atoms with E-state index in [-0.39, 0.29) is 6.04 Å². The summed E-state index contributed by atoms with van der Waals surface area (Å²) in [5.41, 5.74) is 3.50. The number of hydrogen-bond acceptors (Lipinski definition) is 3. The molecule has 0 N–H and O–H groups in total. The van der Waals surface area contributed by atoms with E-state index in [1.165, 1.54) is 5.56 Å². The molecule has 0 saturated heterocycles. The zero-order valence-electron chi connectivity index (χ0n) is 9.50. The van der Waals surface area contributed by atoms with E-state index in [1.54, 1.807) is 19.5 Å². The summed E-state index contributed by atoms with van der Waals surface area (Å²) in [6.07, 6.45) is 3.60. The van der Waals surface area contributed by atoms with Crippen LogP contribution in [0.1, 0.15) is 17.2 Å². The van der Waals surface area contributed by atoms with Crippen molar-refractivity contribution in [3.63, 3.8) is 0 Å². The summed E-state index contributed by atoms with van der Waals surface area (Å²) in [6.45, 7) is 0. The van der Waals surface area contributed by atoms with Crippen molar-refractivity contribution in [2.24, 2.45) is 4.99 Å². The molecule has 3 rings (SSSR count). The fourth-order valence-corrected chi connectivity index (χ4v) is 1.87. The number of ether oxygens (including phenoxy) is 1. The Kier molecular flexibility index (Phi) is 2.37. The number of nitrogens with zero attached hydrogens (tertiary/aromatic N) is 2. The highest BCUT2D eigenvalue weighted by molar-refractivity contribution is 6.13. The van der Waals surface area contributed by atoms with Crippen molar-refractivity contribution in [1.82, 2.24) is 4.98 Å². The molecule has 2 heterocycles. The molecule has 0 radical (unpaired) electrons. The van der Waals surface area contributed by atoms with Gasteiger partial charge in [0.15, 0.2) is 0 Å². The van der Waals surface area contributed by atoms with Gasteiger partial charge >= 0.3 is 0 Å². The first-order valence-corrected chi connectivity index (χ1v) is 5.50. The lowest BCUT2D eigenvalue weighted by atomic mass is 10.1. The van der Waals surface area contributed by atoms with Crippen LogP contribution in [0.15, 0.2) is 53.8 Å². The van der Waals surface area contributed by atoms with Crippen molar-refractivity contribution >= 4 is 5.71 Å². The van der Waals surface area contributed by atoms with Crippen LogP contribution in [-0.2, 0) is 0 Å². The third-order valence-corrected chi connectivity index (χ3v) is 2.87. The molecule has 1 aromatic carbocycles. The first-order valence-electron chi connectivity index (χ1n) is 5.50. The van der Waals surface area contributed by atoms with Gasteiger partial charge in [-0.2, -0.15) is 0 Å². The van der Waals surface area contributed by atoms with Gasteiger partial charge in [-0.25, -0.2) is 0 Å². The van der Waals surface area contributed by atoms with Crippen LogP contribution in [-0.4, -0.2) is 17.8 Å². The molecule has 1 aliphatic heterocycles. The molecule has 0 saturated carbocycles. The van der Waals surface area contributed by atoms with Crippen molar-refractivity contribution in [2.75, 3.05) is 7.11 Å². The average Bonchev–Trinajstić information content (AvgIpc) is 3.20. The summed E-state index contributed by atoms with van der Waals surface area (Å²) >= 11 is 0. The molecule has 0 fully saturated rings. The number of methoxy groups -OCH3 is 1. The van der Waals surface area contributed by atoms with Gasteiger partial charge in [0.1, 0.15) is 11.8 Å². The second-order valence-electron chi connectivity index (χ2n) is 3.93. The second-order valence-corrected chi connectivity index (χ2v) is 3.93. The van der Waals surface area contributed by atoms with E-state index in [0.717, 1.165) is 17.0 Å². The minimum absolute atomic E-state index is 0.214. The van der Waals surface area contributed by atoms with E-state index in [1.807, 2.05) is 36.4 Å².